The lowest BCUT2D eigenvalue weighted by Crippen LogP contribution is -2.43. The summed E-state index contributed by atoms with van der Waals surface area (Å²) in [5, 5.41) is 12.4. The van der Waals surface area contributed by atoms with Gasteiger partial charge in [0.1, 0.15) is 0 Å². The smallest absolute Gasteiger partial charge is 0.253 e. The molecule has 1 aromatic carbocycles. The molecule has 1 amide bonds. The Morgan fingerprint density at radius 3 is 2.48 bits per heavy atom. The summed E-state index contributed by atoms with van der Waals surface area (Å²) in [6.45, 7) is 2.85. The van der Waals surface area contributed by atoms with Crippen LogP contribution in [0.3, 0.4) is 0 Å². The highest BCUT2D eigenvalue weighted by Gasteiger charge is 2.30. The van der Waals surface area contributed by atoms with Crippen LogP contribution in [0.15, 0.2) is 24.3 Å². The molecule has 0 aromatic heterocycles. The summed E-state index contributed by atoms with van der Waals surface area (Å²) in [7, 11) is 0. The van der Waals surface area contributed by atoms with Crippen LogP contribution in [0, 0.1) is 17.2 Å². The van der Waals surface area contributed by atoms with Crippen molar-refractivity contribution in [2.75, 3.05) is 19.6 Å². The predicted octanol–water partition coefficient (Wildman–Crippen LogP) is 2.16. The summed E-state index contributed by atoms with van der Waals surface area (Å²) < 4.78 is 0. The number of amides is 1. The maximum atomic E-state index is 12.5. The molecule has 1 aromatic rings. The number of piperidine rings is 1. The van der Waals surface area contributed by atoms with Gasteiger partial charge in [-0.1, -0.05) is 0 Å². The van der Waals surface area contributed by atoms with Crippen molar-refractivity contribution in [2.45, 2.75) is 31.7 Å². The van der Waals surface area contributed by atoms with Crippen LogP contribution < -0.4 is 5.32 Å². The molecule has 2 saturated heterocycles. The first-order valence-corrected chi connectivity index (χ1v) is 7.81. The van der Waals surface area contributed by atoms with Crippen molar-refractivity contribution in [3.05, 3.63) is 35.4 Å². The second-order valence-corrected chi connectivity index (χ2v) is 6.02. The lowest BCUT2D eigenvalue weighted by atomic mass is 9.88. The quantitative estimate of drug-likeness (QED) is 0.905. The van der Waals surface area contributed by atoms with Crippen molar-refractivity contribution < 1.29 is 4.79 Å². The molecular formula is C17H21N3O. The summed E-state index contributed by atoms with van der Waals surface area (Å²) in [6, 6.07) is 9.67. The van der Waals surface area contributed by atoms with Gasteiger partial charge in [-0.3, -0.25) is 4.79 Å². The van der Waals surface area contributed by atoms with Crippen LogP contribution in [0.5, 0.6) is 0 Å². The summed E-state index contributed by atoms with van der Waals surface area (Å²) >= 11 is 0. The molecule has 0 radical (unpaired) electrons. The molecule has 110 valence electrons. The fourth-order valence-electron chi connectivity index (χ4n) is 3.49. The molecule has 3 rings (SSSR count). The van der Waals surface area contributed by atoms with Gasteiger partial charge in [0.2, 0.25) is 0 Å². The van der Waals surface area contributed by atoms with Crippen LogP contribution in [-0.4, -0.2) is 36.5 Å². The van der Waals surface area contributed by atoms with Crippen LogP contribution in [0.4, 0.5) is 0 Å². The number of likely N-dealkylation sites (tertiary alicyclic amines) is 1. The number of nitrogens with zero attached hydrogens (tertiary/aromatic N) is 2. The van der Waals surface area contributed by atoms with Crippen molar-refractivity contribution >= 4 is 5.91 Å². The molecule has 2 fully saturated rings. The standard InChI is InChI=1S/C17H21N3O/c18-12-13-3-5-15(6-4-13)17(21)20-10-7-14(8-11-20)16-2-1-9-19-16/h3-6,14,16,19H,1-2,7-11H2. The molecule has 0 spiro atoms. The van der Waals surface area contributed by atoms with E-state index in [1.54, 1.807) is 24.3 Å². The first-order valence-electron chi connectivity index (χ1n) is 7.81. The van der Waals surface area contributed by atoms with E-state index in [1.165, 1.54) is 12.8 Å². The van der Waals surface area contributed by atoms with Gasteiger partial charge in [-0.25, -0.2) is 0 Å². The van der Waals surface area contributed by atoms with Crippen molar-refractivity contribution in [1.82, 2.24) is 10.2 Å². The predicted molar refractivity (Wildman–Crippen MR) is 80.8 cm³/mol. The minimum absolute atomic E-state index is 0.0947. The average Bonchev–Trinajstić information content (AvgIpc) is 3.09. The van der Waals surface area contributed by atoms with Crippen LogP contribution >= 0.6 is 0 Å². The molecule has 21 heavy (non-hydrogen) atoms. The minimum atomic E-state index is 0.0947. The monoisotopic (exact) mass is 283 g/mol. The number of nitrogens with one attached hydrogen (secondary N) is 1. The highest BCUT2D eigenvalue weighted by atomic mass is 16.2. The van der Waals surface area contributed by atoms with Gasteiger partial charge in [-0.05, 0) is 62.4 Å². The van der Waals surface area contributed by atoms with Gasteiger partial charge in [-0.15, -0.1) is 0 Å². The number of hydrogen-bond acceptors (Lipinski definition) is 3. The van der Waals surface area contributed by atoms with Gasteiger partial charge >= 0.3 is 0 Å². The minimum Gasteiger partial charge on any atom is -0.339 e. The van der Waals surface area contributed by atoms with Crippen LogP contribution in [0.25, 0.3) is 0 Å². The van der Waals surface area contributed by atoms with Crippen molar-refractivity contribution in [3.8, 4) is 6.07 Å². The fraction of sp³-hybridized carbons (Fsp3) is 0.529. The van der Waals surface area contributed by atoms with E-state index in [0.717, 1.165) is 38.4 Å². The van der Waals surface area contributed by atoms with Gasteiger partial charge in [0.25, 0.3) is 5.91 Å². The van der Waals surface area contributed by atoms with Crippen molar-refractivity contribution in [3.63, 3.8) is 0 Å². The summed E-state index contributed by atoms with van der Waals surface area (Å²) in [5.74, 6) is 0.815. The molecule has 4 nitrogen and oxygen atoms in total. The number of carbonyl (C=O) groups is 1. The van der Waals surface area contributed by atoms with Gasteiger partial charge in [0.05, 0.1) is 11.6 Å². The lowest BCUT2D eigenvalue weighted by molar-refractivity contribution is 0.0674. The first-order chi connectivity index (χ1) is 10.3. The molecule has 1 unspecified atom stereocenters. The summed E-state index contributed by atoms with van der Waals surface area (Å²) in [4.78, 5) is 14.4. The Balaban J connectivity index is 1.58. The van der Waals surface area contributed by atoms with Crippen LogP contribution in [0.1, 0.15) is 41.6 Å². The number of carbonyl (C=O) groups excluding carboxylic acids is 1. The van der Waals surface area contributed by atoms with Crippen LogP contribution in [0.2, 0.25) is 0 Å². The maximum absolute atomic E-state index is 12.5. The molecule has 2 aliphatic heterocycles. The van der Waals surface area contributed by atoms with Crippen molar-refractivity contribution in [1.29, 1.82) is 5.26 Å². The van der Waals surface area contributed by atoms with Crippen molar-refractivity contribution in [2.24, 2.45) is 5.92 Å². The molecule has 0 aliphatic carbocycles. The molecule has 1 N–H and O–H groups in total. The second kappa shape index (κ2) is 6.28. The third kappa shape index (κ3) is 3.08. The first kappa shape index (κ1) is 14.1. The van der Waals surface area contributed by atoms with E-state index in [0.29, 0.717) is 17.2 Å². The number of hydrogen-bond donors (Lipinski definition) is 1. The number of rotatable bonds is 2. The Hall–Kier alpha value is -1.86. The fourth-order valence-corrected chi connectivity index (χ4v) is 3.49. The van der Waals surface area contributed by atoms with Gasteiger partial charge in [0.15, 0.2) is 0 Å². The zero-order valence-electron chi connectivity index (χ0n) is 12.2. The molecule has 4 heteroatoms. The van der Waals surface area contributed by atoms with Gasteiger partial charge in [0, 0.05) is 24.7 Å². The third-order valence-electron chi connectivity index (χ3n) is 4.76. The normalized spacial score (nSPS) is 23.0. The SMILES string of the molecule is N#Cc1ccc(C(=O)N2CCC(C3CCCN3)CC2)cc1. The zero-order chi connectivity index (χ0) is 14.7. The Bertz CT molecular complexity index is 532. The molecule has 2 heterocycles. The maximum Gasteiger partial charge on any atom is 0.253 e. The van der Waals surface area contributed by atoms with Crippen LogP contribution in [-0.2, 0) is 0 Å². The highest BCUT2D eigenvalue weighted by molar-refractivity contribution is 5.94. The van der Waals surface area contributed by atoms with Gasteiger partial charge < -0.3 is 10.2 Å². The number of nitriles is 1. The van der Waals surface area contributed by atoms with E-state index in [4.69, 9.17) is 5.26 Å². The molecule has 1 atom stereocenters. The van der Waals surface area contributed by atoms with E-state index >= 15 is 0 Å². The number of benzene rings is 1. The van der Waals surface area contributed by atoms with E-state index < -0.39 is 0 Å². The Morgan fingerprint density at radius 1 is 1.19 bits per heavy atom. The largest absolute Gasteiger partial charge is 0.339 e. The van der Waals surface area contributed by atoms with E-state index in [1.807, 2.05) is 4.90 Å². The van der Waals surface area contributed by atoms with E-state index in [-0.39, 0.29) is 5.91 Å². The molecular weight excluding hydrogens is 262 g/mol. The Morgan fingerprint density at radius 2 is 1.90 bits per heavy atom. The second-order valence-electron chi connectivity index (χ2n) is 6.02. The molecule has 0 bridgehead atoms. The Labute approximate surface area is 125 Å². The van der Waals surface area contributed by atoms with Gasteiger partial charge in [-0.2, -0.15) is 5.26 Å². The lowest BCUT2D eigenvalue weighted by Gasteiger charge is -2.35. The van der Waals surface area contributed by atoms with E-state index in [2.05, 4.69) is 11.4 Å². The topological polar surface area (TPSA) is 56.1 Å². The van der Waals surface area contributed by atoms with E-state index in [9.17, 15) is 4.79 Å². The third-order valence-corrected chi connectivity index (χ3v) is 4.76. The summed E-state index contributed by atoms with van der Waals surface area (Å²) in [5.41, 5.74) is 1.28. The molecule has 0 saturated carbocycles. The molecule has 2 aliphatic rings. The summed E-state index contributed by atoms with van der Waals surface area (Å²) in [6.07, 6.45) is 4.77. The Kier molecular flexibility index (Phi) is 4.21. The highest BCUT2D eigenvalue weighted by Crippen LogP contribution is 2.26. The zero-order valence-corrected chi connectivity index (χ0v) is 12.2. The average molecular weight is 283 g/mol.